The summed E-state index contributed by atoms with van der Waals surface area (Å²) in [6.07, 6.45) is 1.30. The zero-order chi connectivity index (χ0) is 20.4. The third-order valence-electron chi connectivity index (χ3n) is 4.63. The van der Waals surface area contributed by atoms with Gasteiger partial charge in [0, 0.05) is 11.6 Å². The third kappa shape index (κ3) is 3.99. The van der Waals surface area contributed by atoms with E-state index in [2.05, 4.69) is 0 Å². The average Bonchev–Trinajstić information content (AvgIpc) is 2.72. The molecule has 0 aliphatic carbocycles. The Kier molecular flexibility index (Phi) is 5.04. The van der Waals surface area contributed by atoms with E-state index in [0.29, 0.717) is 28.0 Å². The van der Waals surface area contributed by atoms with E-state index in [1.807, 2.05) is 32.0 Å². The smallest absolute Gasteiger partial charge is 0.235 e. The van der Waals surface area contributed by atoms with Crippen LogP contribution in [0.4, 0.5) is 4.39 Å². The van der Waals surface area contributed by atoms with Crippen LogP contribution < -0.4 is 14.9 Å². The fraction of sp³-hybridized carbons (Fsp3) is 0.125. The molecule has 4 rings (SSSR count). The number of halogens is 1. The van der Waals surface area contributed by atoms with Crippen molar-refractivity contribution in [2.75, 3.05) is 0 Å². The molecule has 3 aromatic carbocycles. The quantitative estimate of drug-likeness (QED) is 0.424. The lowest BCUT2D eigenvalue weighted by Gasteiger charge is -2.10. The molecule has 0 aliphatic heterocycles. The second-order valence-electron chi connectivity index (χ2n) is 6.84. The van der Waals surface area contributed by atoms with Crippen molar-refractivity contribution in [1.82, 2.24) is 0 Å². The van der Waals surface area contributed by atoms with Crippen molar-refractivity contribution in [3.63, 3.8) is 0 Å². The monoisotopic (exact) mass is 390 g/mol. The first-order valence-corrected chi connectivity index (χ1v) is 9.18. The van der Waals surface area contributed by atoms with Crippen molar-refractivity contribution < 1.29 is 18.3 Å². The molecular formula is C24H19FO4. The molecular weight excluding hydrogens is 371 g/mol. The molecule has 0 spiro atoms. The van der Waals surface area contributed by atoms with Gasteiger partial charge in [0.1, 0.15) is 35.8 Å². The number of ether oxygens (including phenoxy) is 2. The predicted molar refractivity (Wildman–Crippen MR) is 109 cm³/mol. The summed E-state index contributed by atoms with van der Waals surface area (Å²) in [5, 5.41) is 0.381. The van der Waals surface area contributed by atoms with Gasteiger partial charge in [0.25, 0.3) is 0 Å². The minimum Gasteiger partial charge on any atom is -0.489 e. The molecule has 1 aromatic heterocycles. The van der Waals surface area contributed by atoms with Crippen molar-refractivity contribution in [1.29, 1.82) is 0 Å². The minimum absolute atomic E-state index is 0.0796. The van der Waals surface area contributed by atoms with Crippen LogP contribution in [-0.2, 0) is 6.61 Å². The molecule has 4 nitrogen and oxygen atoms in total. The molecule has 146 valence electrons. The van der Waals surface area contributed by atoms with Gasteiger partial charge in [0.15, 0.2) is 0 Å². The Balaban J connectivity index is 1.59. The Labute approximate surface area is 167 Å². The maximum Gasteiger partial charge on any atom is 0.235 e. The summed E-state index contributed by atoms with van der Waals surface area (Å²) in [7, 11) is 0. The molecule has 4 aromatic rings. The molecule has 0 unspecified atom stereocenters. The van der Waals surface area contributed by atoms with Crippen molar-refractivity contribution in [2.45, 2.75) is 20.5 Å². The van der Waals surface area contributed by atoms with E-state index < -0.39 is 0 Å². The Morgan fingerprint density at radius 3 is 2.62 bits per heavy atom. The van der Waals surface area contributed by atoms with Crippen LogP contribution in [0.15, 0.2) is 76.1 Å². The fourth-order valence-corrected chi connectivity index (χ4v) is 2.96. The van der Waals surface area contributed by atoms with Gasteiger partial charge in [0.05, 0.1) is 5.39 Å². The summed E-state index contributed by atoms with van der Waals surface area (Å²) in [4.78, 5) is 12.8. The van der Waals surface area contributed by atoms with Crippen LogP contribution >= 0.6 is 0 Å². The molecule has 0 aliphatic rings. The molecule has 0 N–H and O–H groups in total. The van der Waals surface area contributed by atoms with Gasteiger partial charge in [-0.15, -0.1) is 0 Å². The van der Waals surface area contributed by atoms with E-state index in [9.17, 15) is 9.18 Å². The van der Waals surface area contributed by atoms with Crippen molar-refractivity contribution in [3.8, 4) is 17.2 Å². The minimum atomic E-state index is -0.326. The van der Waals surface area contributed by atoms with Crippen LogP contribution in [0.5, 0.6) is 17.2 Å². The molecule has 0 amide bonds. The van der Waals surface area contributed by atoms with Crippen molar-refractivity contribution >= 4 is 11.0 Å². The first-order valence-electron chi connectivity index (χ1n) is 9.18. The van der Waals surface area contributed by atoms with Gasteiger partial charge >= 0.3 is 0 Å². The highest BCUT2D eigenvalue weighted by atomic mass is 19.1. The number of fused-ring (bicyclic) bond motifs is 1. The highest BCUT2D eigenvalue weighted by molar-refractivity contribution is 5.79. The van der Waals surface area contributed by atoms with Crippen LogP contribution in [0, 0.1) is 19.7 Å². The largest absolute Gasteiger partial charge is 0.489 e. The molecule has 0 bridgehead atoms. The number of hydrogen-bond donors (Lipinski definition) is 0. The second-order valence-corrected chi connectivity index (χ2v) is 6.84. The van der Waals surface area contributed by atoms with Gasteiger partial charge < -0.3 is 13.9 Å². The summed E-state index contributed by atoms with van der Waals surface area (Å²) < 4.78 is 30.8. The van der Waals surface area contributed by atoms with Crippen LogP contribution in [0.2, 0.25) is 0 Å². The number of rotatable bonds is 5. The maximum atomic E-state index is 13.7. The lowest BCUT2D eigenvalue weighted by atomic mass is 10.1. The Morgan fingerprint density at radius 2 is 1.79 bits per heavy atom. The summed E-state index contributed by atoms with van der Waals surface area (Å²) in [6, 6.07) is 17.1. The second kappa shape index (κ2) is 7.80. The summed E-state index contributed by atoms with van der Waals surface area (Å²) >= 11 is 0. The highest BCUT2D eigenvalue weighted by Crippen LogP contribution is 2.27. The Bertz CT molecular complexity index is 1240. The van der Waals surface area contributed by atoms with Crippen LogP contribution in [-0.4, -0.2) is 0 Å². The van der Waals surface area contributed by atoms with E-state index in [4.69, 9.17) is 13.9 Å². The van der Waals surface area contributed by atoms with E-state index in [-0.39, 0.29) is 23.6 Å². The normalized spacial score (nSPS) is 10.9. The van der Waals surface area contributed by atoms with E-state index in [1.54, 1.807) is 36.4 Å². The molecule has 1 heterocycles. The maximum absolute atomic E-state index is 13.7. The van der Waals surface area contributed by atoms with Gasteiger partial charge in [-0.05, 0) is 49.2 Å². The highest BCUT2D eigenvalue weighted by Gasteiger charge is 2.12. The first-order chi connectivity index (χ1) is 14.0. The van der Waals surface area contributed by atoms with E-state index in [1.165, 1.54) is 12.3 Å². The van der Waals surface area contributed by atoms with Gasteiger partial charge in [-0.3, -0.25) is 4.79 Å². The average molecular weight is 390 g/mol. The SMILES string of the molecule is Cc1ccc(C)c(Oc2coc3cc(OCc4ccccc4F)ccc3c2=O)c1. The Morgan fingerprint density at radius 1 is 0.966 bits per heavy atom. The molecule has 0 radical (unpaired) electrons. The lowest BCUT2D eigenvalue weighted by molar-refractivity contribution is 0.300. The predicted octanol–water partition coefficient (Wildman–Crippen LogP) is 5.92. The lowest BCUT2D eigenvalue weighted by Crippen LogP contribution is -2.06. The summed E-state index contributed by atoms with van der Waals surface area (Å²) in [6.45, 7) is 3.95. The third-order valence-corrected chi connectivity index (χ3v) is 4.63. The fourth-order valence-electron chi connectivity index (χ4n) is 2.96. The molecule has 29 heavy (non-hydrogen) atoms. The zero-order valence-corrected chi connectivity index (χ0v) is 16.1. The van der Waals surface area contributed by atoms with Gasteiger partial charge in [0.2, 0.25) is 11.2 Å². The van der Waals surface area contributed by atoms with Gasteiger partial charge in [-0.2, -0.15) is 0 Å². The molecule has 5 heteroatoms. The molecule has 0 saturated heterocycles. The molecule has 0 saturated carbocycles. The van der Waals surface area contributed by atoms with Crippen molar-refractivity contribution in [3.05, 3.63) is 99.7 Å². The number of benzene rings is 3. The summed E-state index contributed by atoms with van der Waals surface area (Å²) in [5.41, 5.74) is 2.51. The molecule has 0 atom stereocenters. The summed E-state index contributed by atoms with van der Waals surface area (Å²) in [5.74, 6) is 0.882. The van der Waals surface area contributed by atoms with Crippen LogP contribution in [0.3, 0.4) is 0 Å². The van der Waals surface area contributed by atoms with Gasteiger partial charge in [-0.25, -0.2) is 4.39 Å². The molecule has 0 fully saturated rings. The van der Waals surface area contributed by atoms with Crippen LogP contribution in [0.25, 0.3) is 11.0 Å². The standard InChI is InChI=1S/C24H19FO4/c1-15-7-8-16(2)21(11-15)29-23-14-28-22-12-18(9-10-19(22)24(23)26)27-13-17-5-3-4-6-20(17)25/h3-12,14H,13H2,1-2H3. The number of hydrogen-bond acceptors (Lipinski definition) is 4. The Hall–Kier alpha value is -3.60. The first kappa shape index (κ1) is 18.7. The van der Waals surface area contributed by atoms with E-state index in [0.717, 1.165) is 11.1 Å². The number of aryl methyl sites for hydroxylation is 2. The van der Waals surface area contributed by atoms with Crippen LogP contribution in [0.1, 0.15) is 16.7 Å². The zero-order valence-electron chi connectivity index (χ0n) is 16.1. The topological polar surface area (TPSA) is 48.7 Å². The van der Waals surface area contributed by atoms with Gasteiger partial charge in [-0.1, -0.05) is 30.3 Å². The van der Waals surface area contributed by atoms with E-state index >= 15 is 0 Å². The van der Waals surface area contributed by atoms with Crippen molar-refractivity contribution in [2.24, 2.45) is 0 Å².